The quantitative estimate of drug-likeness (QED) is 0.710. The van der Waals surface area contributed by atoms with Crippen LogP contribution in [-0.2, 0) is 9.59 Å². The summed E-state index contributed by atoms with van der Waals surface area (Å²) in [6.07, 6.45) is 4.30. The van der Waals surface area contributed by atoms with E-state index in [0.29, 0.717) is 17.8 Å². The van der Waals surface area contributed by atoms with Gasteiger partial charge in [-0.15, -0.1) is 0 Å². The Morgan fingerprint density at radius 1 is 1.24 bits per heavy atom. The van der Waals surface area contributed by atoms with Gasteiger partial charge in [-0.25, -0.2) is 9.67 Å². The first-order valence-electron chi connectivity index (χ1n) is 8.19. The second-order valence-electron chi connectivity index (χ2n) is 6.24. The molecule has 8 nitrogen and oxygen atoms in total. The summed E-state index contributed by atoms with van der Waals surface area (Å²) in [4.78, 5) is 28.2. The third-order valence-electron chi connectivity index (χ3n) is 3.91. The Bertz CT molecular complexity index is 709. The lowest BCUT2D eigenvalue weighted by molar-refractivity contribution is -0.121. The molecule has 1 heterocycles. The van der Waals surface area contributed by atoms with Crippen molar-refractivity contribution >= 4 is 23.2 Å². The molecule has 1 aromatic heterocycles. The van der Waals surface area contributed by atoms with Crippen LogP contribution in [-0.4, -0.2) is 32.1 Å². The summed E-state index contributed by atoms with van der Waals surface area (Å²) in [6.45, 7) is 5.43. The van der Waals surface area contributed by atoms with Gasteiger partial charge < -0.3 is 16.4 Å². The van der Waals surface area contributed by atoms with Crippen LogP contribution in [0.2, 0.25) is 0 Å². The predicted molar refractivity (Wildman–Crippen MR) is 95.9 cm³/mol. The van der Waals surface area contributed by atoms with Crippen LogP contribution in [0.4, 0.5) is 11.4 Å². The zero-order valence-electron chi connectivity index (χ0n) is 14.7. The first kappa shape index (κ1) is 18.6. The average Bonchev–Trinajstić information content (AvgIpc) is 3.10. The Kier molecular flexibility index (Phi) is 5.87. The van der Waals surface area contributed by atoms with E-state index in [1.54, 1.807) is 38.1 Å². The van der Waals surface area contributed by atoms with Crippen molar-refractivity contribution in [3.63, 3.8) is 0 Å². The zero-order chi connectivity index (χ0) is 18.4. The number of carbonyl (C=O) groups excluding carboxylic acids is 2. The highest BCUT2D eigenvalue weighted by atomic mass is 16.2. The van der Waals surface area contributed by atoms with Gasteiger partial charge in [0.15, 0.2) is 0 Å². The number of hydrogen-bond acceptors (Lipinski definition) is 5. The molecule has 1 aromatic carbocycles. The lowest BCUT2D eigenvalue weighted by Crippen LogP contribution is -2.48. The van der Waals surface area contributed by atoms with Gasteiger partial charge in [0, 0.05) is 11.4 Å². The Balaban J connectivity index is 1.96. The molecule has 0 aliphatic heterocycles. The molecule has 2 rings (SSSR count). The Morgan fingerprint density at radius 3 is 2.36 bits per heavy atom. The van der Waals surface area contributed by atoms with E-state index in [9.17, 15) is 9.59 Å². The summed E-state index contributed by atoms with van der Waals surface area (Å²) >= 11 is 0. The molecular formula is C17H24N6O2. The summed E-state index contributed by atoms with van der Waals surface area (Å²) in [6, 6.07) is 6.39. The van der Waals surface area contributed by atoms with E-state index in [0.717, 1.165) is 6.42 Å². The fraction of sp³-hybridized carbons (Fsp3) is 0.412. The van der Waals surface area contributed by atoms with Crippen molar-refractivity contribution < 1.29 is 9.59 Å². The van der Waals surface area contributed by atoms with Gasteiger partial charge in [-0.1, -0.05) is 13.3 Å². The predicted octanol–water partition coefficient (Wildman–Crippen LogP) is 1.93. The monoisotopic (exact) mass is 344 g/mol. The lowest BCUT2D eigenvalue weighted by atomic mass is 9.96. The molecule has 0 bridgehead atoms. The van der Waals surface area contributed by atoms with Crippen molar-refractivity contribution in [2.45, 2.75) is 45.2 Å². The summed E-state index contributed by atoms with van der Waals surface area (Å²) in [5.41, 5.74) is 6.35. The minimum Gasteiger partial charge on any atom is -0.325 e. The highest BCUT2D eigenvalue weighted by Crippen LogP contribution is 2.17. The number of aromatic nitrogens is 3. The minimum atomic E-state index is -0.908. The molecule has 25 heavy (non-hydrogen) atoms. The molecule has 4 N–H and O–H groups in total. The molecule has 2 atom stereocenters. The number of benzene rings is 1. The van der Waals surface area contributed by atoms with Crippen LogP contribution in [0.3, 0.4) is 0 Å². The van der Waals surface area contributed by atoms with Crippen molar-refractivity contribution in [1.29, 1.82) is 0 Å². The van der Waals surface area contributed by atoms with Crippen LogP contribution >= 0.6 is 0 Å². The Morgan fingerprint density at radius 2 is 1.84 bits per heavy atom. The van der Waals surface area contributed by atoms with E-state index >= 15 is 0 Å². The van der Waals surface area contributed by atoms with Crippen molar-refractivity contribution in [2.24, 2.45) is 5.73 Å². The van der Waals surface area contributed by atoms with E-state index in [1.807, 2.05) is 6.92 Å². The molecule has 2 unspecified atom stereocenters. The summed E-state index contributed by atoms with van der Waals surface area (Å²) < 4.78 is 1.47. The molecule has 0 aliphatic rings. The van der Waals surface area contributed by atoms with Crippen LogP contribution < -0.4 is 16.4 Å². The van der Waals surface area contributed by atoms with E-state index in [-0.39, 0.29) is 11.8 Å². The van der Waals surface area contributed by atoms with Crippen molar-refractivity contribution in [3.8, 4) is 0 Å². The standard InChI is InChI=1S/C17H24N6O2/c1-4-9-17(3,18)16(25)22-14-7-5-13(6-8-14)21-15(24)12(2)23-11-19-10-20-23/h5-8,10-12H,4,9,18H2,1-3H3,(H,21,24)(H,22,25). The first-order valence-corrected chi connectivity index (χ1v) is 8.19. The number of nitrogens with zero attached hydrogens (tertiary/aromatic N) is 3. The number of nitrogens with one attached hydrogen (secondary N) is 2. The second kappa shape index (κ2) is 7.89. The van der Waals surface area contributed by atoms with Crippen molar-refractivity contribution in [2.75, 3.05) is 10.6 Å². The maximum atomic E-state index is 12.2. The number of nitrogens with two attached hydrogens (primary N) is 1. The largest absolute Gasteiger partial charge is 0.325 e. The molecule has 8 heteroatoms. The van der Waals surface area contributed by atoms with Gasteiger partial charge in [0.2, 0.25) is 11.8 Å². The fourth-order valence-corrected chi connectivity index (χ4v) is 2.33. The maximum absolute atomic E-state index is 12.2. The van der Waals surface area contributed by atoms with Crippen LogP contribution in [0.5, 0.6) is 0 Å². The summed E-state index contributed by atoms with van der Waals surface area (Å²) in [5.74, 6) is -0.439. The minimum absolute atomic E-state index is 0.209. The summed E-state index contributed by atoms with van der Waals surface area (Å²) in [7, 11) is 0. The Hall–Kier alpha value is -2.74. The second-order valence-corrected chi connectivity index (χ2v) is 6.24. The molecule has 134 valence electrons. The Labute approximate surface area is 146 Å². The topological polar surface area (TPSA) is 115 Å². The number of amides is 2. The van der Waals surface area contributed by atoms with E-state index < -0.39 is 11.6 Å². The third kappa shape index (κ3) is 4.87. The molecule has 0 fully saturated rings. The van der Waals surface area contributed by atoms with Crippen LogP contribution in [0.25, 0.3) is 0 Å². The van der Waals surface area contributed by atoms with Gasteiger partial charge >= 0.3 is 0 Å². The molecule has 0 saturated heterocycles. The van der Waals surface area contributed by atoms with Crippen molar-refractivity contribution in [3.05, 3.63) is 36.9 Å². The molecule has 2 aromatic rings. The normalized spacial score (nSPS) is 14.4. The smallest absolute Gasteiger partial charge is 0.249 e. The average molecular weight is 344 g/mol. The molecule has 0 aliphatic carbocycles. The van der Waals surface area contributed by atoms with Gasteiger partial charge in [-0.3, -0.25) is 9.59 Å². The van der Waals surface area contributed by atoms with Crippen LogP contribution in [0.15, 0.2) is 36.9 Å². The van der Waals surface area contributed by atoms with Crippen LogP contribution in [0, 0.1) is 0 Å². The SMILES string of the molecule is CCCC(C)(N)C(=O)Nc1ccc(NC(=O)C(C)n2cncn2)cc1. The fourth-order valence-electron chi connectivity index (χ4n) is 2.33. The molecular weight excluding hydrogens is 320 g/mol. The summed E-state index contributed by atoms with van der Waals surface area (Å²) in [5, 5.41) is 9.54. The number of carbonyl (C=O) groups is 2. The first-order chi connectivity index (χ1) is 11.8. The van der Waals surface area contributed by atoms with Gasteiger partial charge in [0.25, 0.3) is 0 Å². The van der Waals surface area contributed by atoms with Gasteiger partial charge in [-0.05, 0) is 44.5 Å². The van der Waals surface area contributed by atoms with E-state index in [1.165, 1.54) is 17.3 Å². The van der Waals surface area contributed by atoms with Crippen molar-refractivity contribution in [1.82, 2.24) is 14.8 Å². The number of anilines is 2. The van der Waals surface area contributed by atoms with E-state index in [2.05, 4.69) is 20.7 Å². The highest BCUT2D eigenvalue weighted by Gasteiger charge is 2.27. The highest BCUT2D eigenvalue weighted by molar-refractivity contribution is 5.98. The molecule has 0 spiro atoms. The lowest BCUT2D eigenvalue weighted by Gasteiger charge is -2.22. The third-order valence-corrected chi connectivity index (χ3v) is 3.91. The van der Waals surface area contributed by atoms with Crippen LogP contribution in [0.1, 0.15) is 39.7 Å². The molecule has 2 amide bonds. The molecule has 0 saturated carbocycles. The van der Waals surface area contributed by atoms with Gasteiger partial charge in [-0.2, -0.15) is 5.10 Å². The van der Waals surface area contributed by atoms with Gasteiger partial charge in [0.1, 0.15) is 18.7 Å². The van der Waals surface area contributed by atoms with Gasteiger partial charge in [0.05, 0.1) is 5.54 Å². The number of hydrogen-bond donors (Lipinski definition) is 3. The molecule has 0 radical (unpaired) electrons. The number of rotatable bonds is 7. The maximum Gasteiger partial charge on any atom is 0.249 e. The zero-order valence-corrected chi connectivity index (χ0v) is 14.7. The van der Waals surface area contributed by atoms with E-state index in [4.69, 9.17) is 5.73 Å².